The largest absolute Gasteiger partial charge is 0.467 e. The van der Waals surface area contributed by atoms with E-state index in [0.717, 1.165) is 73.7 Å². The van der Waals surface area contributed by atoms with Crippen molar-refractivity contribution in [3.05, 3.63) is 52.7 Å². The van der Waals surface area contributed by atoms with E-state index in [-0.39, 0.29) is 0 Å². The van der Waals surface area contributed by atoms with Crippen molar-refractivity contribution in [2.24, 2.45) is 0 Å². The smallest absolute Gasteiger partial charge is 0.339 e. The summed E-state index contributed by atoms with van der Waals surface area (Å²) in [5.41, 5.74) is 3.84. The van der Waals surface area contributed by atoms with Crippen LogP contribution in [-0.2, 0) is 14.3 Å². The maximum absolute atomic E-state index is 13.2. The van der Waals surface area contributed by atoms with Gasteiger partial charge in [0.05, 0.1) is 34.0 Å². The first kappa shape index (κ1) is 29.9. The lowest BCUT2D eigenvalue weighted by Gasteiger charge is -2.36. The van der Waals surface area contributed by atoms with Gasteiger partial charge in [0.2, 0.25) is 0 Å². The molecule has 4 aromatic rings. The van der Waals surface area contributed by atoms with Gasteiger partial charge in [-0.25, -0.2) is 14.8 Å². The van der Waals surface area contributed by atoms with E-state index in [1.54, 1.807) is 22.7 Å². The number of thiazole rings is 2. The summed E-state index contributed by atoms with van der Waals surface area (Å²) < 4.78 is 12.6. The Kier molecular flexibility index (Phi) is 8.74. The van der Waals surface area contributed by atoms with Crippen molar-refractivity contribution in [2.75, 3.05) is 38.2 Å². The summed E-state index contributed by atoms with van der Waals surface area (Å²) in [5, 5.41) is 2.58. The minimum atomic E-state index is -0.903. The van der Waals surface area contributed by atoms with E-state index >= 15 is 0 Å². The molecule has 10 heteroatoms. The minimum absolute atomic E-state index is 0.438. The van der Waals surface area contributed by atoms with Gasteiger partial charge in [0.1, 0.15) is 5.01 Å². The molecule has 7 nitrogen and oxygen atoms in total. The monoisotopic (exact) mass is 612 g/mol. The summed E-state index contributed by atoms with van der Waals surface area (Å²) in [6, 6.07) is 10.3. The zero-order valence-corrected chi connectivity index (χ0v) is 27.0. The number of aryl methyl sites for hydroxylation is 1. The highest BCUT2D eigenvalue weighted by Gasteiger charge is 2.33. The highest BCUT2D eigenvalue weighted by molar-refractivity contribution is 7.27. The molecule has 2 aromatic heterocycles. The number of hydrogen-bond acceptors (Lipinski definition) is 9. The molecule has 1 aliphatic heterocycles. The molecule has 0 spiro atoms. The van der Waals surface area contributed by atoms with Crippen LogP contribution < -0.4 is 4.90 Å². The number of ether oxygens (including phenoxy) is 2. The van der Waals surface area contributed by atoms with Gasteiger partial charge in [-0.15, -0.1) is 11.3 Å². The molecule has 1 aliphatic rings. The molecule has 2 aromatic carbocycles. The summed E-state index contributed by atoms with van der Waals surface area (Å²) >= 11 is 9.55. The number of benzene rings is 2. The maximum Gasteiger partial charge on any atom is 0.339 e. The summed E-state index contributed by atoms with van der Waals surface area (Å²) in [6.45, 7) is 16.3. The third-order valence-electron chi connectivity index (χ3n) is 7.23. The molecular weight excluding hydrogens is 576 g/mol. The Morgan fingerprint density at radius 2 is 1.76 bits per heavy atom. The van der Waals surface area contributed by atoms with Crippen LogP contribution in [0.2, 0.25) is 5.02 Å². The van der Waals surface area contributed by atoms with E-state index in [4.69, 9.17) is 31.0 Å². The molecule has 1 atom stereocenters. The molecular formula is C31H37ClN4O3S2. The first-order valence-corrected chi connectivity index (χ1v) is 15.9. The second-order valence-electron chi connectivity index (χ2n) is 11.6. The van der Waals surface area contributed by atoms with Crippen LogP contribution in [0, 0.1) is 6.92 Å². The van der Waals surface area contributed by atoms with E-state index in [1.165, 1.54) is 7.11 Å². The molecule has 0 aliphatic carbocycles. The van der Waals surface area contributed by atoms with Crippen LogP contribution >= 0.6 is 34.3 Å². The molecule has 1 fully saturated rings. The molecule has 1 unspecified atom stereocenters. The van der Waals surface area contributed by atoms with Crippen LogP contribution in [-0.4, -0.2) is 65.8 Å². The number of carbonyl (C=O) groups excluding carboxylic acids is 1. The van der Waals surface area contributed by atoms with Gasteiger partial charge in [-0.1, -0.05) is 35.1 Å². The van der Waals surface area contributed by atoms with Gasteiger partial charge in [0.25, 0.3) is 0 Å². The SMILES string of the molecule is COC(=O)C(OC(C)(C)C)c1c(C)cc2nc(-c3cnc(N4CCN(C(C)C)CC4)s3)sc2c1-c1ccc(Cl)cc1. The zero-order valence-electron chi connectivity index (χ0n) is 24.7. The van der Waals surface area contributed by atoms with Crippen molar-refractivity contribution in [3.63, 3.8) is 0 Å². The number of halogens is 1. The van der Waals surface area contributed by atoms with E-state index in [2.05, 4.69) is 23.6 Å². The molecule has 3 heterocycles. The number of hydrogen-bond donors (Lipinski definition) is 0. The number of esters is 1. The molecule has 218 valence electrons. The average Bonchev–Trinajstić information content (AvgIpc) is 3.58. The number of aromatic nitrogens is 2. The predicted octanol–water partition coefficient (Wildman–Crippen LogP) is 7.61. The third kappa shape index (κ3) is 6.44. The first-order chi connectivity index (χ1) is 19.4. The summed E-state index contributed by atoms with van der Waals surface area (Å²) in [7, 11) is 1.39. The molecule has 0 bridgehead atoms. The number of fused-ring (bicyclic) bond motifs is 1. The quantitative estimate of drug-likeness (QED) is 0.199. The molecule has 0 N–H and O–H groups in total. The number of piperazine rings is 1. The number of methoxy groups -OCH3 is 1. The Morgan fingerprint density at radius 1 is 1.07 bits per heavy atom. The lowest BCUT2D eigenvalue weighted by molar-refractivity contribution is -0.164. The Balaban J connectivity index is 1.61. The fraction of sp³-hybridized carbons (Fsp3) is 0.452. The number of nitrogens with zero attached hydrogens (tertiary/aromatic N) is 4. The van der Waals surface area contributed by atoms with Gasteiger partial charge in [-0.3, -0.25) is 4.90 Å². The fourth-order valence-electron chi connectivity index (χ4n) is 5.18. The topological polar surface area (TPSA) is 67.8 Å². The summed E-state index contributed by atoms with van der Waals surface area (Å²) in [6.07, 6.45) is 1.03. The van der Waals surface area contributed by atoms with Crippen molar-refractivity contribution in [3.8, 4) is 21.0 Å². The van der Waals surface area contributed by atoms with Crippen molar-refractivity contribution >= 4 is 55.6 Å². The number of carbonyl (C=O) groups is 1. The first-order valence-electron chi connectivity index (χ1n) is 13.9. The van der Waals surface area contributed by atoms with Crippen molar-refractivity contribution < 1.29 is 14.3 Å². The maximum atomic E-state index is 13.2. The molecule has 0 saturated carbocycles. The van der Waals surface area contributed by atoms with Gasteiger partial charge in [-0.2, -0.15) is 0 Å². The molecule has 0 radical (unpaired) electrons. The number of rotatable bonds is 7. The lowest BCUT2D eigenvalue weighted by atomic mass is 9.91. The van der Waals surface area contributed by atoms with Gasteiger partial charge in [-0.05, 0) is 70.9 Å². The van der Waals surface area contributed by atoms with E-state index < -0.39 is 17.7 Å². The van der Waals surface area contributed by atoms with Gasteiger partial charge < -0.3 is 14.4 Å². The molecule has 1 saturated heterocycles. The van der Waals surface area contributed by atoms with Crippen molar-refractivity contribution in [2.45, 2.75) is 59.3 Å². The fourth-order valence-corrected chi connectivity index (χ4v) is 7.44. The molecule has 5 rings (SSSR count). The standard InChI is InChI=1S/C31H37ClN4O3S2/c1-18(2)35-12-14-36(15-13-35)30-33-17-23(40-30)28-34-22-16-19(3)24(26(29(37)38-7)39-31(4,5)6)25(27(22)41-28)20-8-10-21(32)11-9-20/h8-11,16-18,26H,12-15H2,1-7H3. The van der Waals surface area contributed by atoms with Crippen LogP contribution in [0.3, 0.4) is 0 Å². The Labute approximate surface area is 255 Å². The van der Waals surface area contributed by atoms with Gasteiger partial charge in [0.15, 0.2) is 11.2 Å². The van der Waals surface area contributed by atoms with E-state index in [9.17, 15) is 4.79 Å². The third-order valence-corrected chi connectivity index (χ3v) is 9.80. The van der Waals surface area contributed by atoms with Crippen molar-refractivity contribution in [1.29, 1.82) is 0 Å². The van der Waals surface area contributed by atoms with Crippen LogP contribution in [0.25, 0.3) is 31.2 Å². The molecule has 41 heavy (non-hydrogen) atoms. The second-order valence-corrected chi connectivity index (χ2v) is 14.1. The highest BCUT2D eigenvalue weighted by Crippen LogP contribution is 2.45. The minimum Gasteiger partial charge on any atom is -0.467 e. The average molecular weight is 613 g/mol. The molecule has 0 amide bonds. The van der Waals surface area contributed by atoms with Gasteiger partial charge in [0, 0.05) is 48.4 Å². The zero-order chi connectivity index (χ0) is 29.5. The second kappa shape index (κ2) is 12.0. The summed E-state index contributed by atoms with van der Waals surface area (Å²) in [4.78, 5) is 28.9. The Morgan fingerprint density at radius 3 is 2.37 bits per heavy atom. The Hall–Kier alpha value is -2.56. The van der Waals surface area contributed by atoms with Crippen molar-refractivity contribution in [1.82, 2.24) is 14.9 Å². The van der Waals surface area contributed by atoms with E-state index in [0.29, 0.717) is 11.1 Å². The van der Waals surface area contributed by atoms with Crippen LogP contribution in [0.1, 0.15) is 51.8 Å². The van der Waals surface area contributed by atoms with Gasteiger partial charge >= 0.3 is 5.97 Å². The van der Waals surface area contributed by atoms with Crippen LogP contribution in [0.5, 0.6) is 0 Å². The van der Waals surface area contributed by atoms with Crippen LogP contribution in [0.15, 0.2) is 36.5 Å². The lowest BCUT2D eigenvalue weighted by Crippen LogP contribution is -2.48. The predicted molar refractivity (Wildman–Crippen MR) is 170 cm³/mol. The summed E-state index contributed by atoms with van der Waals surface area (Å²) in [5.74, 6) is -0.438. The Bertz CT molecular complexity index is 1530. The number of anilines is 1. The highest BCUT2D eigenvalue weighted by atomic mass is 35.5. The van der Waals surface area contributed by atoms with Crippen LogP contribution in [0.4, 0.5) is 5.13 Å². The normalized spacial score (nSPS) is 15.6. The van der Waals surface area contributed by atoms with E-state index in [1.807, 2.05) is 64.2 Å².